The van der Waals surface area contributed by atoms with Crippen molar-refractivity contribution in [2.45, 2.75) is 26.9 Å². The molecule has 1 heterocycles. The third kappa shape index (κ3) is 6.27. The highest BCUT2D eigenvalue weighted by atomic mass is 35.5. The molecule has 0 unspecified atom stereocenters. The van der Waals surface area contributed by atoms with Crippen LogP contribution in [0.15, 0.2) is 83.5 Å². The van der Waals surface area contributed by atoms with Crippen LogP contribution in [0.1, 0.15) is 41.5 Å². The van der Waals surface area contributed by atoms with Crippen LogP contribution in [-0.2, 0) is 14.3 Å². The first kappa shape index (κ1) is 27.4. The predicted octanol–water partition coefficient (Wildman–Crippen LogP) is 5.34. The second-order valence-electron chi connectivity index (χ2n) is 8.75. The molecule has 0 saturated carbocycles. The van der Waals surface area contributed by atoms with Crippen molar-refractivity contribution in [3.8, 4) is 5.75 Å². The Balaban J connectivity index is 1.44. The summed E-state index contributed by atoms with van der Waals surface area (Å²) in [6.45, 7) is 5.88. The zero-order valence-corrected chi connectivity index (χ0v) is 22.2. The third-order valence-electron chi connectivity index (χ3n) is 5.55. The Morgan fingerprint density at radius 3 is 2.21 bits per heavy atom. The summed E-state index contributed by atoms with van der Waals surface area (Å²) in [7, 11) is 0. The lowest BCUT2D eigenvalue weighted by molar-refractivity contribution is -0.120. The first-order valence-corrected chi connectivity index (χ1v) is 12.6. The number of amides is 3. The largest absolute Gasteiger partial charge is 0.494 e. The molecule has 0 bridgehead atoms. The van der Waals surface area contributed by atoms with E-state index in [9.17, 15) is 19.2 Å². The fourth-order valence-corrected chi connectivity index (χ4v) is 3.97. The maximum Gasteiger partial charge on any atom is 0.338 e. The normalized spacial score (nSPS) is 13.1. The minimum Gasteiger partial charge on any atom is -0.494 e. The Labute approximate surface area is 230 Å². The van der Waals surface area contributed by atoms with E-state index in [1.807, 2.05) is 6.92 Å². The molecule has 9 nitrogen and oxygen atoms in total. The van der Waals surface area contributed by atoms with Crippen LogP contribution in [0, 0.1) is 0 Å². The van der Waals surface area contributed by atoms with Gasteiger partial charge in [-0.3, -0.25) is 14.4 Å². The standard InChI is InChI=1S/C29H26ClN3O6/c1-4-38-23-14-12-21(13-15-23)32-26(34)18-8-10-20(11-9-18)31-25-24(30)27(35)33(28(25)36)22-7-5-6-19(16-22)29(37)39-17(2)3/h5-17,31H,4H2,1-3H3,(H,32,34). The number of rotatable bonds is 9. The number of hydrogen-bond donors (Lipinski definition) is 2. The molecule has 200 valence electrons. The number of imide groups is 1. The number of carbonyl (C=O) groups is 4. The highest BCUT2D eigenvalue weighted by Gasteiger charge is 2.39. The smallest absolute Gasteiger partial charge is 0.338 e. The minimum atomic E-state index is -0.732. The Morgan fingerprint density at radius 2 is 1.56 bits per heavy atom. The number of carbonyl (C=O) groups excluding carboxylic acids is 4. The summed E-state index contributed by atoms with van der Waals surface area (Å²) < 4.78 is 10.6. The summed E-state index contributed by atoms with van der Waals surface area (Å²) in [6.07, 6.45) is -0.326. The van der Waals surface area contributed by atoms with Gasteiger partial charge in [0.05, 0.1) is 24.0 Å². The summed E-state index contributed by atoms with van der Waals surface area (Å²) in [5, 5.41) is 5.37. The van der Waals surface area contributed by atoms with E-state index in [-0.39, 0.29) is 34.0 Å². The van der Waals surface area contributed by atoms with E-state index in [0.29, 0.717) is 29.3 Å². The number of hydrogen-bond acceptors (Lipinski definition) is 7. The molecular formula is C29H26ClN3O6. The van der Waals surface area contributed by atoms with Gasteiger partial charge in [-0.1, -0.05) is 17.7 Å². The highest BCUT2D eigenvalue weighted by Crippen LogP contribution is 2.31. The van der Waals surface area contributed by atoms with Gasteiger partial charge in [-0.2, -0.15) is 0 Å². The maximum absolute atomic E-state index is 13.1. The van der Waals surface area contributed by atoms with E-state index >= 15 is 0 Å². The molecule has 10 heteroatoms. The monoisotopic (exact) mass is 547 g/mol. The Bertz CT molecular complexity index is 1450. The lowest BCUT2D eigenvalue weighted by Gasteiger charge is -2.16. The molecule has 39 heavy (non-hydrogen) atoms. The van der Waals surface area contributed by atoms with Gasteiger partial charge in [-0.05, 0) is 87.5 Å². The minimum absolute atomic E-state index is 0.122. The van der Waals surface area contributed by atoms with Gasteiger partial charge in [-0.15, -0.1) is 0 Å². The molecular weight excluding hydrogens is 522 g/mol. The van der Waals surface area contributed by atoms with E-state index in [2.05, 4.69) is 10.6 Å². The lowest BCUT2D eigenvalue weighted by Crippen LogP contribution is -2.32. The zero-order chi connectivity index (χ0) is 28.1. The Morgan fingerprint density at radius 1 is 0.897 bits per heavy atom. The molecule has 3 aromatic carbocycles. The van der Waals surface area contributed by atoms with Crippen LogP contribution in [-0.4, -0.2) is 36.4 Å². The molecule has 4 rings (SSSR count). The number of nitrogens with one attached hydrogen (secondary N) is 2. The van der Waals surface area contributed by atoms with Crippen LogP contribution in [0.3, 0.4) is 0 Å². The molecule has 0 fully saturated rings. The number of nitrogens with zero attached hydrogens (tertiary/aromatic N) is 1. The molecule has 0 saturated heterocycles. The molecule has 3 amide bonds. The van der Waals surface area contributed by atoms with Gasteiger partial charge >= 0.3 is 5.97 Å². The average molecular weight is 548 g/mol. The molecule has 2 N–H and O–H groups in total. The summed E-state index contributed by atoms with van der Waals surface area (Å²) >= 11 is 6.23. The topological polar surface area (TPSA) is 114 Å². The van der Waals surface area contributed by atoms with Crippen molar-refractivity contribution in [1.82, 2.24) is 0 Å². The number of anilines is 3. The summed E-state index contributed by atoms with van der Waals surface area (Å²) in [4.78, 5) is 51.8. The molecule has 0 aromatic heterocycles. The van der Waals surface area contributed by atoms with E-state index < -0.39 is 17.8 Å². The fraction of sp³-hybridized carbons (Fsp3) is 0.172. The van der Waals surface area contributed by atoms with Crippen molar-refractivity contribution in [2.75, 3.05) is 22.1 Å². The molecule has 0 atom stereocenters. The first-order chi connectivity index (χ1) is 18.7. The van der Waals surface area contributed by atoms with Crippen molar-refractivity contribution in [3.63, 3.8) is 0 Å². The molecule has 1 aliphatic rings. The first-order valence-electron chi connectivity index (χ1n) is 12.2. The van der Waals surface area contributed by atoms with Crippen LogP contribution in [0.25, 0.3) is 0 Å². The molecule has 1 aliphatic heterocycles. The van der Waals surface area contributed by atoms with Crippen molar-refractivity contribution < 1.29 is 28.7 Å². The maximum atomic E-state index is 13.1. The second-order valence-corrected chi connectivity index (χ2v) is 9.13. The Kier molecular flexibility index (Phi) is 8.31. The molecule has 0 spiro atoms. The van der Waals surface area contributed by atoms with E-state index in [4.69, 9.17) is 21.1 Å². The van der Waals surface area contributed by atoms with Crippen LogP contribution in [0.4, 0.5) is 17.1 Å². The molecule has 3 aromatic rings. The van der Waals surface area contributed by atoms with E-state index in [0.717, 1.165) is 4.90 Å². The predicted molar refractivity (Wildman–Crippen MR) is 148 cm³/mol. The summed E-state index contributed by atoms with van der Waals surface area (Å²) in [6, 6.07) is 19.3. The van der Waals surface area contributed by atoms with Crippen molar-refractivity contribution >= 4 is 52.4 Å². The number of benzene rings is 3. The zero-order valence-electron chi connectivity index (χ0n) is 21.5. The van der Waals surface area contributed by atoms with Gasteiger partial charge in [-0.25, -0.2) is 9.69 Å². The van der Waals surface area contributed by atoms with Crippen LogP contribution in [0.2, 0.25) is 0 Å². The van der Waals surface area contributed by atoms with Gasteiger partial charge in [0.1, 0.15) is 16.5 Å². The lowest BCUT2D eigenvalue weighted by atomic mass is 10.1. The number of halogens is 1. The summed E-state index contributed by atoms with van der Waals surface area (Å²) in [5.74, 6) is -1.60. The quantitative estimate of drug-likeness (QED) is 0.274. The number of ether oxygens (including phenoxy) is 2. The highest BCUT2D eigenvalue weighted by molar-refractivity contribution is 6.53. The van der Waals surface area contributed by atoms with Gasteiger partial charge in [0.15, 0.2) is 0 Å². The van der Waals surface area contributed by atoms with Gasteiger partial charge in [0, 0.05) is 16.9 Å². The third-order valence-corrected chi connectivity index (χ3v) is 5.90. The molecule has 0 aliphatic carbocycles. The average Bonchev–Trinajstić information content (AvgIpc) is 3.13. The number of esters is 1. The Hall–Kier alpha value is -4.63. The molecule has 0 radical (unpaired) electrons. The van der Waals surface area contributed by atoms with Gasteiger partial charge < -0.3 is 20.1 Å². The van der Waals surface area contributed by atoms with Crippen molar-refractivity contribution in [2.24, 2.45) is 0 Å². The van der Waals surface area contributed by atoms with Crippen molar-refractivity contribution in [1.29, 1.82) is 0 Å². The summed E-state index contributed by atoms with van der Waals surface area (Å²) in [5.41, 5.74) is 1.69. The van der Waals surface area contributed by atoms with Gasteiger partial charge in [0.25, 0.3) is 17.7 Å². The van der Waals surface area contributed by atoms with Gasteiger partial charge in [0.2, 0.25) is 0 Å². The van der Waals surface area contributed by atoms with Crippen LogP contribution in [0.5, 0.6) is 5.75 Å². The SMILES string of the molecule is CCOc1ccc(NC(=O)c2ccc(NC3=C(Cl)C(=O)N(c4cccc(C(=O)OC(C)C)c4)C3=O)cc2)cc1. The van der Waals surface area contributed by atoms with Crippen molar-refractivity contribution in [3.05, 3.63) is 94.7 Å². The fourth-order valence-electron chi connectivity index (χ4n) is 3.75. The van der Waals surface area contributed by atoms with Crippen LogP contribution < -0.4 is 20.3 Å². The van der Waals surface area contributed by atoms with E-state index in [1.54, 1.807) is 68.4 Å². The second kappa shape index (κ2) is 11.8. The van der Waals surface area contributed by atoms with E-state index in [1.165, 1.54) is 18.2 Å². The van der Waals surface area contributed by atoms with Crippen LogP contribution >= 0.6 is 11.6 Å².